The lowest BCUT2D eigenvalue weighted by molar-refractivity contribution is -0.138. The van der Waals surface area contributed by atoms with Crippen molar-refractivity contribution in [2.24, 2.45) is 5.92 Å². The predicted molar refractivity (Wildman–Crippen MR) is 94.6 cm³/mol. The fourth-order valence-electron chi connectivity index (χ4n) is 4.25. The second-order valence-electron chi connectivity index (χ2n) is 8.87. The molecule has 0 aliphatic carbocycles. The summed E-state index contributed by atoms with van der Waals surface area (Å²) in [6.45, 7) is 8.02. The van der Waals surface area contributed by atoms with Gasteiger partial charge in [-0.3, -0.25) is 9.69 Å². The molecule has 1 unspecified atom stereocenters. The van der Waals surface area contributed by atoms with Crippen molar-refractivity contribution in [2.75, 3.05) is 19.7 Å². The standard InChI is InChI=1S/C11H16N2O2.C8H15F2N/c1-8(6-12)10(15)13-9-2-4-11(13,7-14)5-3-9;1-7(2,3)11-5-4-8(9,10)6-11/h8-9,14H,2-5,7H2,1H3;4-6H2,1-3H3. The normalized spacial score (nSPS) is 31.3. The molecule has 148 valence electrons. The van der Waals surface area contributed by atoms with Crippen molar-refractivity contribution in [1.29, 1.82) is 5.26 Å². The van der Waals surface area contributed by atoms with E-state index in [1.54, 1.807) is 11.8 Å². The molecule has 3 aliphatic heterocycles. The summed E-state index contributed by atoms with van der Waals surface area (Å²) in [4.78, 5) is 15.6. The number of hydrogen-bond donors (Lipinski definition) is 1. The third kappa shape index (κ3) is 4.17. The highest BCUT2D eigenvalue weighted by atomic mass is 19.3. The fourth-order valence-corrected chi connectivity index (χ4v) is 4.25. The molecule has 7 heteroatoms. The lowest BCUT2D eigenvalue weighted by atomic mass is 9.88. The van der Waals surface area contributed by atoms with Crippen LogP contribution in [-0.2, 0) is 4.79 Å². The molecule has 1 N–H and O–H groups in total. The van der Waals surface area contributed by atoms with Gasteiger partial charge in [-0.15, -0.1) is 0 Å². The van der Waals surface area contributed by atoms with Crippen LogP contribution in [0.4, 0.5) is 8.78 Å². The number of fused-ring (bicyclic) bond motifs is 2. The number of halogens is 2. The first kappa shape index (κ1) is 21.0. The fraction of sp³-hybridized carbons (Fsp3) is 0.895. The molecule has 2 bridgehead atoms. The highest BCUT2D eigenvalue weighted by Crippen LogP contribution is 2.46. The summed E-state index contributed by atoms with van der Waals surface area (Å²) >= 11 is 0. The van der Waals surface area contributed by atoms with Crippen molar-refractivity contribution < 1.29 is 18.7 Å². The number of alkyl halides is 2. The van der Waals surface area contributed by atoms with E-state index in [2.05, 4.69) is 0 Å². The highest BCUT2D eigenvalue weighted by molar-refractivity contribution is 5.82. The monoisotopic (exact) mass is 371 g/mol. The summed E-state index contributed by atoms with van der Waals surface area (Å²) in [5.41, 5.74) is -0.452. The average molecular weight is 371 g/mol. The number of hydrogen-bond acceptors (Lipinski definition) is 4. The van der Waals surface area contributed by atoms with E-state index in [-0.39, 0.29) is 42.6 Å². The average Bonchev–Trinajstić information content (AvgIpc) is 3.24. The van der Waals surface area contributed by atoms with Gasteiger partial charge in [-0.2, -0.15) is 5.26 Å². The number of rotatable bonds is 2. The zero-order chi connectivity index (χ0) is 19.8. The second kappa shape index (κ2) is 7.40. The van der Waals surface area contributed by atoms with Crippen LogP contribution in [0, 0.1) is 17.2 Å². The second-order valence-corrected chi connectivity index (χ2v) is 8.87. The smallest absolute Gasteiger partial charge is 0.261 e. The quantitative estimate of drug-likeness (QED) is 0.810. The number of likely N-dealkylation sites (tertiary alicyclic amines) is 1. The first-order chi connectivity index (χ1) is 12.0. The number of nitrogens with zero attached hydrogens (tertiary/aromatic N) is 3. The van der Waals surface area contributed by atoms with Crippen LogP contribution in [0.15, 0.2) is 0 Å². The van der Waals surface area contributed by atoms with E-state index >= 15 is 0 Å². The summed E-state index contributed by atoms with van der Waals surface area (Å²) in [7, 11) is 0. The van der Waals surface area contributed by atoms with Crippen molar-refractivity contribution in [3.8, 4) is 6.07 Å². The Morgan fingerprint density at radius 3 is 2.23 bits per heavy atom. The van der Waals surface area contributed by atoms with Crippen molar-refractivity contribution in [3.05, 3.63) is 0 Å². The van der Waals surface area contributed by atoms with Crippen molar-refractivity contribution in [2.45, 2.75) is 82.8 Å². The van der Waals surface area contributed by atoms with Crippen LogP contribution in [-0.4, -0.2) is 63.6 Å². The van der Waals surface area contributed by atoms with Gasteiger partial charge in [0, 0.05) is 24.5 Å². The van der Waals surface area contributed by atoms with Crippen LogP contribution in [0.1, 0.15) is 59.8 Å². The molecule has 3 heterocycles. The summed E-state index contributed by atoms with van der Waals surface area (Å²) in [5, 5.41) is 18.2. The minimum atomic E-state index is -2.45. The molecule has 3 rings (SSSR count). The summed E-state index contributed by atoms with van der Waals surface area (Å²) < 4.78 is 25.4. The van der Waals surface area contributed by atoms with Crippen LogP contribution >= 0.6 is 0 Å². The SMILES string of the molecule is CC(C#N)C(=O)N1C2CCC1(CO)CC2.CC(C)(C)N1CCC(F)(F)C1. The van der Waals surface area contributed by atoms with E-state index in [9.17, 15) is 18.7 Å². The minimum Gasteiger partial charge on any atom is -0.394 e. The number of carbonyl (C=O) groups excluding carboxylic acids is 1. The van der Waals surface area contributed by atoms with E-state index in [4.69, 9.17) is 5.26 Å². The lowest BCUT2D eigenvalue weighted by Crippen LogP contribution is -2.49. The van der Waals surface area contributed by atoms with Crippen LogP contribution in [0.3, 0.4) is 0 Å². The summed E-state index contributed by atoms with van der Waals surface area (Å²) in [5.74, 6) is -3.14. The third-order valence-corrected chi connectivity index (χ3v) is 5.98. The Bertz CT molecular complexity index is 560. The molecule has 0 radical (unpaired) electrons. The maximum Gasteiger partial charge on any atom is 0.261 e. The van der Waals surface area contributed by atoms with E-state index in [0.717, 1.165) is 25.7 Å². The van der Waals surface area contributed by atoms with Gasteiger partial charge in [0.15, 0.2) is 0 Å². The Morgan fingerprint density at radius 1 is 1.31 bits per heavy atom. The van der Waals surface area contributed by atoms with Crippen LogP contribution in [0.25, 0.3) is 0 Å². The number of nitriles is 1. The van der Waals surface area contributed by atoms with Crippen molar-refractivity contribution >= 4 is 5.91 Å². The Kier molecular flexibility index (Phi) is 5.99. The first-order valence-electron chi connectivity index (χ1n) is 9.42. The summed E-state index contributed by atoms with van der Waals surface area (Å²) in [6.07, 6.45) is 3.75. The minimum absolute atomic E-state index is 0.0181. The Balaban J connectivity index is 0.000000197. The van der Waals surface area contributed by atoms with E-state index in [1.165, 1.54) is 0 Å². The number of aliphatic hydroxyl groups excluding tert-OH is 1. The number of aliphatic hydroxyl groups is 1. The van der Waals surface area contributed by atoms with Crippen LogP contribution in [0.2, 0.25) is 0 Å². The van der Waals surface area contributed by atoms with Gasteiger partial charge in [-0.1, -0.05) is 0 Å². The molecule has 1 atom stereocenters. The van der Waals surface area contributed by atoms with Gasteiger partial charge >= 0.3 is 0 Å². The first-order valence-corrected chi connectivity index (χ1v) is 9.42. The lowest BCUT2D eigenvalue weighted by Gasteiger charge is -2.33. The number of carbonyl (C=O) groups is 1. The van der Waals surface area contributed by atoms with E-state index in [0.29, 0.717) is 6.54 Å². The van der Waals surface area contributed by atoms with Crippen molar-refractivity contribution in [3.63, 3.8) is 0 Å². The highest BCUT2D eigenvalue weighted by Gasteiger charge is 2.54. The van der Waals surface area contributed by atoms with Gasteiger partial charge in [0.05, 0.1) is 24.8 Å². The van der Waals surface area contributed by atoms with Crippen LogP contribution in [0.5, 0.6) is 0 Å². The van der Waals surface area contributed by atoms with Gasteiger partial charge in [0.1, 0.15) is 5.92 Å². The zero-order valence-corrected chi connectivity index (χ0v) is 16.3. The molecular formula is C19H31F2N3O2. The molecule has 3 fully saturated rings. The number of amides is 1. The maximum absolute atomic E-state index is 12.7. The molecular weight excluding hydrogens is 340 g/mol. The summed E-state index contributed by atoms with van der Waals surface area (Å²) in [6, 6.07) is 2.24. The Labute approximate surface area is 154 Å². The van der Waals surface area contributed by atoms with Crippen molar-refractivity contribution in [1.82, 2.24) is 9.80 Å². The van der Waals surface area contributed by atoms with Gasteiger partial charge in [0.2, 0.25) is 5.91 Å². The molecule has 0 aromatic carbocycles. The molecule has 3 saturated heterocycles. The molecule has 0 saturated carbocycles. The molecule has 5 nitrogen and oxygen atoms in total. The Morgan fingerprint density at radius 2 is 1.88 bits per heavy atom. The Hall–Kier alpha value is -1.26. The van der Waals surface area contributed by atoms with Gasteiger partial charge < -0.3 is 10.0 Å². The molecule has 1 amide bonds. The van der Waals surface area contributed by atoms with Crippen LogP contribution < -0.4 is 0 Å². The molecule has 0 aromatic heterocycles. The molecule has 3 aliphatic rings. The zero-order valence-electron chi connectivity index (χ0n) is 16.3. The third-order valence-electron chi connectivity index (χ3n) is 5.98. The maximum atomic E-state index is 12.7. The van der Waals surface area contributed by atoms with Gasteiger partial charge in [0.25, 0.3) is 5.92 Å². The predicted octanol–water partition coefficient (Wildman–Crippen LogP) is 2.79. The topological polar surface area (TPSA) is 67.6 Å². The van der Waals surface area contributed by atoms with Gasteiger partial charge in [-0.25, -0.2) is 8.78 Å². The largest absolute Gasteiger partial charge is 0.394 e. The van der Waals surface area contributed by atoms with E-state index in [1.807, 2.05) is 31.7 Å². The molecule has 26 heavy (non-hydrogen) atoms. The van der Waals surface area contributed by atoms with Gasteiger partial charge in [-0.05, 0) is 53.4 Å². The molecule has 0 aromatic rings. The molecule has 0 spiro atoms. The van der Waals surface area contributed by atoms with E-state index < -0.39 is 11.8 Å².